The summed E-state index contributed by atoms with van der Waals surface area (Å²) in [5, 5.41) is 3.25. The fourth-order valence-electron chi connectivity index (χ4n) is 2.18. The molecule has 1 heterocycles. The largest absolute Gasteiger partial charge is 0.463 e. The molecule has 1 saturated heterocycles. The SMILES string of the molecule is CC(C)OCCOC(=O)C1(C(C)C)CCNC1. The maximum atomic E-state index is 12.1. The topological polar surface area (TPSA) is 47.6 Å². The summed E-state index contributed by atoms with van der Waals surface area (Å²) >= 11 is 0. The predicted molar refractivity (Wildman–Crippen MR) is 66.8 cm³/mol. The summed E-state index contributed by atoms with van der Waals surface area (Å²) in [6.07, 6.45) is 1.05. The van der Waals surface area contributed by atoms with Gasteiger partial charge in [-0.05, 0) is 32.7 Å². The fourth-order valence-corrected chi connectivity index (χ4v) is 2.18. The number of hydrogen-bond donors (Lipinski definition) is 1. The zero-order valence-corrected chi connectivity index (χ0v) is 11.4. The van der Waals surface area contributed by atoms with Crippen molar-refractivity contribution >= 4 is 5.97 Å². The molecule has 1 aliphatic heterocycles. The Morgan fingerprint density at radius 2 is 2.00 bits per heavy atom. The van der Waals surface area contributed by atoms with Crippen LogP contribution in [0.3, 0.4) is 0 Å². The molecule has 1 unspecified atom stereocenters. The molecule has 17 heavy (non-hydrogen) atoms. The Balaban J connectivity index is 2.39. The molecule has 0 amide bonds. The molecule has 0 bridgehead atoms. The zero-order valence-electron chi connectivity index (χ0n) is 11.4. The highest BCUT2D eigenvalue weighted by Crippen LogP contribution is 2.35. The van der Waals surface area contributed by atoms with Crippen molar-refractivity contribution in [3.8, 4) is 0 Å². The Morgan fingerprint density at radius 1 is 1.29 bits per heavy atom. The van der Waals surface area contributed by atoms with Gasteiger partial charge in [0.15, 0.2) is 0 Å². The summed E-state index contributed by atoms with van der Waals surface area (Å²) in [7, 11) is 0. The summed E-state index contributed by atoms with van der Waals surface area (Å²) in [5.41, 5.74) is -0.335. The van der Waals surface area contributed by atoms with Crippen LogP contribution in [0.5, 0.6) is 0 Å². The van der Waals surface area contributed by atoms with Crippen molar-refractivity contribution < 1.29 is 14.3 Å². The third kappa shape index (κ3) is 3.68. The van der Waals surface area contributed by atoms with Gasteiger partial charge in [0.05, 0.1) is 18.1 Å². The zero-order chi connectivity index (χ0) is 12.9. The van der Waals surface area contributed by atoms with Crippen molar-refractivity contribution in [1.29, 1.82) is 0 Å². The van der Waals surface area contributed by atoms with Crippen molar-refractivity contribution in [3.05, 3.63) is 0 Å². The summed E-state index contributed by atoms with van der Waals surface area (Å²) in [6, 6.07) is 0. The molecule has 1 N–H and O–H groups in total. The molecule has 0 aromatic rings. The van der Waals surface area contributed by atoms with Gasteiger partial charge < -0.3 is 14.8 Å². The summed E-state index contributed by atoms with van der Waals surface area (Å²) in [5.74, 6) is 0.223. The Bertz CT molecular complexity index is 245. The van der Waals surface area contributed by atoms with E-state index in [-0.39, 0.29) is 17.5 Å². The predicted octanol–water partition coefficient (Wildman–Crippen LogP) is 1.59. The minimum Gasteiger partial charge on any atom is -0.463 e. The number of esters is 1. The van der Waals surface area contributed by atoms with Crippen LogP contribution >= 0.6 is 0 Å². The number of carbonyl (C=O) groups is 1. The van der Waals surface area contributed by atoms with E-state index < -0.39 is 0 Å². The van der Waals surface area contributed by atoms with Gasteiger partial charge in [0.25, 0.3) is 0 Å². The summed E-state index contributed by atoms with van der Waals surface area (Å²) in [4.78, 5) is 12.1. The quantitative estimate of drug-likeness (QED) is 0.568. The van der Waals surface area contributed by atoms with Gasteiger partial charge in [-0.2, -0.15) is 0 Å². The minimum atomic E-state index is -0.335. The second-order valence-corrected chi connectivity index (χ2v) is 5.29. The van der Waals surface area contributed by atoms with Crippen molar-refractivity contribution in [3.63, 3.8) is 0 Å². The van der Waals surface area contributed by atoms with Gasteiger partial charge in [-0.1, -0.05) is 13.8 Å². The van der Waals surface area contributed by atoms with Crippen LogP contribution in [-0.2, 0) is 14.3 Å². The first-order chi connectivity index (χ1) is 7.99. The van der Waals surface area contributed by atoms with E-state index in [1.807, 2.05) is 13.8 Å². The first-order valence-electron chi connectivity index (χ1n) is 6.48. The molecule has 1 rings (SSSR count). The van der Waals surface area contributed by atoms with Crippen molar-refractivity contribution in [2.45, 2.75) is 40.2 Å². The van der Waals surface area contributed by atoms with Crippen LogP contribution in [0.2, 0.25) is 0 Å². The lowest BCUT2D eigenvalue weighted by molar-refractivity contribution is -0.159. The van der Waals surface area contributed by atoms with Crippen LogP contribution in [-0.4, -0.2) is 38.4 Å². The van der Waals surface area contributed by atoms with Gasteiger partial charge in [0.1, 0.15) is 6.61 Å². The lowest BCUT2D eigenvalue weighted by Crippen LogP contribution is -2.40. The van der Waals surface area contributed by atoms with Crippen molar-refractivity contribution in [2.24, 2.45) is 11.3 Å². The van der Waals surface area contributed by atoms with Gasteiger partial charge in [-0.15, -0.1) is 0 Å². The molecule has 4 nitrogen and oxygen atoms in total. The van der Waals surface area contributed by atoms with Crippen molar-refractivity contribution in [1.82, 2.24) is 5.32 Å². The first-order valence-corrected chi connectivity index (χ1v) is 6.48. The van der Waals surface area contributed by atoms with Gasteiger partial charge >= 0.3 is 5.97 Å². The third-order valence-electron chi connectivity index (χ3n) is 3.47. The lowest BCUT2D eigenvalue weighted by atomic mass is 9.76. The standard InChI is InChI=1S/C13H25NO3/c1-10(2)13(5-6-14-9-13)12(15)17-8-7-16-11(3)4/h10-11,14H,5-9H2,1-4H3. The van der Waals surface area contributed by atoms with Crippen molar-refractivity contribution in [2.75, 3.05) is 26.3 Å². The lowest BCUT2D eigenvalue weighted by Gasteiger charge is -2.29. The first kappa shape index (κ1) is 14.5. The van der Waals surface area contributed by atoms with Gasteiger partial charge in [0, 0.05) is 6.54 Å². The number of nitrogens with one attached hydrogen (secondary N) is 1. The fraction of sp³-hybridized carbons (Fsp3) is 0.923. The van der Waals surface area contributed by atoms with E-state index in [1.165, 1.54) is 0 Å². The molecule has 0 radical (unpaired) electrons. The molecule has 1 fully saturated rings. The van der Waals surface area contributed by atoms with Crippen LogP contribution in [0, 0.1) is 11.3 Å². The highest BCUT2D eigenvalue weighted by Gasteiger charge is 2.45. The molecule has 0 aromatic carbocycles. The van der Waals surface area contributed by atoms with E-state index in [1.54, 1.807) is 0 Å². The van der Waals surface area contributed by atoms with Crippen LogP contribution in [0.25, 0.3) is 0 Å². The second kappa shape index (κ2) is 6.36. The molecule has 0 saturated carbocycles. The van der Waals surface area contributed by atoms with Crippen LogP contribution in [0.1, 0.15) is 34.1 Å². The Morgan fingerprint density at radius 3 is 2.47 bits per heavy atom. The molecule has 1 aliphatic rings. The molecular weight excluding hydrogens is 218 g/mol. The monoisotopic (exact) mass is 243 g/mol. The number of hydrogen-bond acceptors (Lipinski definition) is 4. The smallest absolute Gasteiger partial charge is 0.313 e. The van der Waals surface area contributed by atoms with E-state index in [2.05, 4.69) is 19.2 Å². The summed E-state index contributed by atoms with van der Waals surface area (Å²) in [6.45, 7) is 10.6. The Labute approximate surface area is 104 Å². The van der Waals surface area contributed by atoms with E-state index in [9.17, 15) is 4.79 Å². The number of rotatable bonds is 6. The second-order valence-electron chi connectivity index (χ2n) is 5.29. The third-order valence-corrected chi connectivity index (χ3v) is 3.47. The van der Waals surface area contributed by atoms with Crippen LogP contribution < -0.4 is 5.32 Å². The highest BCUT2D eigenvalue weighted by molar-refractivity contribution is 5.78. The molecule has 0 aliphatic carbocycles. The van der Waals surface area contributed by atoms with E-state index in [0.717, 1.165) is 19.5 Å². The van der Waals surface area contributed by atoms with Crippen LogP contribution in [0.15, 0.2) is 0 Å². The maximum Gasteiger partial charge on any atom is 0.313 e. The molecule has 0 aromatic heterocycles. The average Bonchev–Trinajstić information content (AvgIpc) is 2.74. The van der Waals surface area contributed by atoms with E-state index in [0.29, 0.717) is 19.1 Å². The molecular formula is C13H25NO3. The van der Waals surface area contributed by atoms with Gasteiger partial charge in [0.2, 0.25) is 0 Å². The molecule has 100 valence electrons. The number of ether oxygens (including phenoxy) is 2. The van der Waals surface area contributed by atoms with Gasteiger partial charge in [-0.25, -0.2) is 0 Å². The molecule has 1 atom stereocenters. The minimum absolute atomic E-state index is 0.0788. The Kier molecular flexibility index (Phi) is 5.40. The highest BCUT2D eigenvalue weighted by atomic mass is 16.6. The Hall–Kier alpha value is -0.610. The normalized spacial score (nSPS) is 24.6. The summed E-state index contributed by atoms with van der Waals surface area (Å²) < 4.78 is 10.7. The average molecular weight is 243 g/mol. The van der Waals surface area contributed by atoms with Crippen LogP contribution in [0.4, 0.5) is 0 Å². The molecule has 4 heteroatoms. The van der Waals surface area contributed by atoms with E-state index in [4.69, 9.17) is 9.47 Å². The molecule has 0 spiro atoms. The van der Waals surface area contributed by atoms with E-state index >= 15 is 0 Å². The maximum absolute atomic E-state index is 12.1. The van der Waals surface area contributed by atoms with Gasteiger partial charge in [-0.3, -0.25) is 4.79 Å². The number of carbonyl (C=O) groups excluding carboxylic acids is 1.